The van der Waals surface area contributed by atoms with Crippen molar-refractivity contribution in [2.75, 3.05) is 12.4 Å². The zero-order valence-electron chi connectivity index (χ0n) is 7.40. The van der Waals surface area contributed by atoms with E-state index in [2.05, 4.69) is 10.4 Å². The lowest BCUT2D eigenvalue weighted by molar-refractivity contribution is 0.299. The van der Waals surface area contributed by atoms with Gasteiger partial charge in [-0.1, -0.05) is 0 Å². The van der Waals surface area contributed by atoms with E-state index < -0.39 is 0 Å². The highest BCUT2D eigenvalue weighted by atomic mass is 32.2. The summed E-state index contributed by atoms with van der Waals surface area (Å²) < 4.78 is 0. The van der Waals surface area contributed by atoms with E-state index in [0.29, 0.717) is 11.7 Å². The van der Waals surface area contributed by atoms with Crippen LogP contribution in [0.5, 0.6) is 0 Å². The van der Waals surface area contributed by atoms with Crippen LogP contribution in [-0.4, -0.2) is 22.5 Å². The third-order valence-electron chi connectivity index (χ3n) is 2.15. The molecule has 1 unspecified atom stereocenters. The first-order chi connectivity index (χ1) is 6.40. The largest absolute Gasteiger partial charge is 0.396 e. The van der Waals surface area contributed by atoms with Crippen molar-refractivity contribution in [1.82, 2.24) is 4.98 Å². The summed E-state index contributed by atoms with van der Waals surface area (Å²) in [5, 5.41) is 12.6. The van der Waals surface area contributed by atoms with E-state index in [4.69, 9.17) is 5.11 Å². The minimum atomic E-state index is 0.213. The lowest BCUT2D eigenvalue weighted by Gasteiger charge is -2.02. The Kier molecular flexibility index (Phi) is 3.24. The van der Waals surface area contributed by atoms with E-state index in [0.717, 1.165) is 5.01 Å². The molecule has 0 spiro atoms. The van der Waals surface area contributed by atoms with Gasteiger partial charge in [-0.15, -0.1) is 11.3 Å². The Balaban J connectivity index is 2.03. The van der Waals surface area contributed by atoms with E-state index in [1.54, 1.807) is 11.3 Å². The van der Waals surface area contributed by atoms with Crippen LogP contribution in [0.1, 0.15) is 28.8 Å². The average molecular weight is 215 g/mol. The summed E-state index contributed by atoms with van der Waals surface area (Å²) in [6.07, 6.45) is 3.30. The summed E-state index contributed by atoms with van der Waals surface area (Å²) in [6.45, 7) is 0.213. The third kappa shape index (κ3) is 2.24. The van der Waals surface area contributed by atoms with Gasteiger partial charge in [0.15, 0.2) is 0 Å². The molecule has 1 N–H and O–H groups in total. The summed E-state index contributed by atoms with van der Waals surface area (Å²) in [7, 11) is 0. The molecule has 13 heavy (non-hydrogen) atoms. The van der Waals surface area contributed by atoms with E-state index in [1.807, 2.05) is 11.8 Å². The highest BCUT2D eigenvalue weighted by Gasteiger charge is 2.19. The molecular weight excluding hydrogens is 202 g/mol. The van der Waals surface area contributed by atoms with Gasteiger partial charge in [-0.25, -0.2) is 4.98 Å². The lowest BCUT2D eigenvalue weighted by atomic mass is 10.2. The van der Waals surface area contributed by atoms with Gasteiger partial charge < -0.3 is 5.11 Å². The average Bonchev–Trinajstić information content (AvgIpc) is 2.70. The van der Waals surface area contributed by atoms with Crippen molar-refractivity contribution >= 4 is 23.1 Å². The molecule has 1 aromatic heterocycles. The lowest BCUT2D eigenvalue weighted by Crippen LogP contribution is -1.92. The number of nitrogens with zero attached hydrogens (tertiary/aromatic N) is 1. The Morgan fingerprint density at radius 3 is 3.23 bits per heavy atom. The normalized spacial score (nSPS) is 22.4. The molecule has 2 nitrogen and oxygen atoms in total. The second-order valence-corrected chi connectivity index (χ2v) is 5.39. The summed E-state index contributed by atoms with van der Waals surface area (Å²) in [6, 6.07) is 0. The molecule has 2 heterocycles. The maximum Gasteiger partial charge on any atom is 0.0951 e. The second-order valence-electron chi connectivity index (χ2n) is 3.14. The van der Waals surface area contributed by atoms with E-state index in [1.165, 1.54) is 24.3 Å². The summed E-state index contributed by atoms with van der Waals surface area (Å²) in [4.78, 5) is 4.52. The van der Waals surface area contributed by atoms with Gasteiger partial charge in [-0.05, 0) is 18.6 Å². The van der Waals surface area contributed by atoms with Gasteiger partial charge in [0.2, 0.25) is 0 Å². The van der Waals surface area contributed by atoms with Crippen molar-refractivity contribution in [3.8, 4) is 0 Å². The van der Waals surface area contributed by atoms with Gasteiger partial charge in [-0.2, -0.15) is 11.8 Å². The molecule has 1 fully saturated rings. The smallest absolute Gasteiger partial charge is 0.0951 e. The fourth-order valence-corrected chi connectivity index (χ4v) is 3.66. The number of hydrogen-bond donors (Lipinski definition) is 1. The Morgan fingerprint density at radius 1 is 1.62 bits per heavy atom. The van der Waals surface area contributed by atoms with Crippen molar-refractivity contribution < 1.29 is 5.11 Å². The van der Waals surface area contributed by atoms with Crippen LogP contribution in [0.25, 0.3) is 0 Å². The maximum atomic E-state index is 8.76. The standard InChI is InChI=1S/C9H13NOS2/c11-4-3-9-10-7(6-13-9)8-2-1-5-12-8/h6,8,11H,1-5H2. The summed E-state index contributed by atoms with van der Waals surface area (Å²) >= 11 is 3.69. The predicted octanol–water partition coefficient (Wildman–Crippen LogP) is 2.25. The Morgan fingerprint density at radius 2 is 2.54 bits per heavy atom. The van der Waals surface area contributed by atoms with Crippen LogP contribution < -0.4 is 0 Å². The number of aliphatic hydroxyl groups excluding tert-OH is 1. The molecule has 4 heteroatoms. The van der Waals surface area contributed by atoms with E-state index in [-0.39, 0.29) is 6.61 Å². The molecule has 0 aromatic carbocycles. The van der Waals surface area contributed by atoms with Gasteiger partial charge in [0.05, 0.1) is 10.7 Å². The molecule has 1 aliphatic heterocycles. The van der Waals surface area contributed by atoms with Gasteiger partial charge in [0.25, 0.3) is 0 Å². The third-order valence-corrected chi connectivity index (χ3v) is 4.49. The van der Waals surface area contributed by atoms with Crippen LogP contribution >= 0.6 is 23.1 Å². The number of hydrogen-bond acceptors (Lipinski definition) is 4. The second kappa shape index (κ2) is 4.44. The predicted molar refractivity (Wildman–Crippen MR) is 57.3 cm³/mol. The van der Waals surface area contributed by atoms with Gasteiger partial charge in [0.1, 0.15) is 0 Å². The zero-order valence-corrected chi connectivity index (χ0v) is 9.03. The fourth-order valence-electron chi connectivity index (χ4n) is 1.49. The Labute approximate surface area is 86.4 Å². The van der Waals surface area contributed by atoms with Crippen molar-refractivity contribution in [3.63, 3.8) is 0 Å². The summed E-state index contributed by atoms with van der Waals surface area (Å²) in [5.41, 5.74) is 1.23. The van der Waals surface area contributed by atoms with Crippen LogP contribution in [0, 0.1) is 0 Å². The maximum absolute atomic E-state index is 8.76. The monoisotopic (exact) mass is 215 g/mol. The van der Waals surface area contributed by atoms with Crippen molar-refractivity contribution in [2.45, 2.75) is 24.5 Å². The molecule has 0 aliphatic carbocycles. The van der Waals surface area contributed by atoms with Crippen LogP contribution in [0.2, 0.25) is 0 Å². The molecule has 1 saturated heterocycles. The topological polar surface area (TPSA) is 33.1 Å². The number of rotatable bonds is 3. The molecule has 1 aromatic rings. The summed E-state index contributed by atoms with van der Waals surface area (Å²) in [5.74, 6) is 1.28. The molecule has 2 rings (SSSR count). The first-order valence-corrected chi connectivity index (χ1v) is 6.50. The quantitative estimate of drug-likeness (QED) is 0.839. The zero-order chi connectivity index (χ0) is 9.10. The first-order valence-electron chi connectivity index (χ1n) is 4.57. The van der Waals surface area contributed by atoms with Gasteiger partial charge in [0, 0.05) is 23.7 Å². The van der Waals surface area contributed by atoms with E-state index >= 15 is 0 Å². The van der Waals surface area contributed by atoms with Crippen molar-refractivity contribution in [2.24, 2.45) is 0 Å². The first kappa shape index (κ1) is 9.49. The molecule has 72 valence electrons. The molecule has 0 radical (unpaired) electrons. The van der Waals surface area contributed by atoms with Crippen LogP contribution in [0.15, 0.2) is 5.38 Å². The molecule has 0 amide bonds. The molecule has 0 bridgehead atoms. The van der Waals surface area contributed by atoms with Crippen LogP contribution in [-0.2, 0) is 6.42 Å². The molecular formula is C9H13NOS2. The molecule has 1 atom stereocenters. The van der Waals surface area contributed by atoms with Crippen molar-refractivity contribution in [3.05, 3.63) is 16.1 Å². The highest BCUT2D eigenvalue weighted by Crippen LogP contribution is 2.39. The SMILES string of the molecule is OCCc1nc(C2CCCS2)cs1. The number of thiazole rings is 1. The number of thioether (sulfide) groups is 1. The van der Waals surface area contributed by atoms with Gasteiger partial charge in [-0.3, -0.25) is 0 Å². The van der Waals surface area contributed by atoms with Gasteiger partial charge >= 0.3 is 0 Å². The number of aromatic nitrogens is 1. The van der Waals surface area contributed by atoms with Crippen LogP contribution in [0.3, 0.4) is 0 Å². The fraction of sp³-hybridized carbons (Fsp3) is 0.667. The Bertz CT molecular complexity index is 268. The highest BCUT2D eigenvalue weighted by molar-refractivity contribution is 7.99. The Hall–Kier alpha value is -0.0600. The van der Waals surface area contributed by atoms with Crippen LogP contribution in [0.4, 0.5) is 0 Å². The minimum Gasteiger partial charge on any atom is -0.396 e. The molecule has 1 aliphatic rings. The minimum absolute atomic E-state index is 0.213. The number of aliphatic hydroxyl groups is 1. The van der Waals surface area contributed by atoms with Crippen molar-refractivity contribution in [1.29, 1.82) is 0 Å². The molecule has 0 saturated carbocycles. The van der Waals surface area contributed by atoms with E-state index in [9.17, 15) is 0 Å².